The fourth-order valence-corrected chi connectivity index (χ4v) is 2.68. The van der Waals surface area contributed by atoms with Gasteiger partial charge in [0.15, 0.2) is 5.78 Å². The molecule has 1 amide bonds. The zero-order chi connectivity index (χ0) is 20.1. The van der Waals surface area contributed by atoms with Crippen LogP contribution in [0.4, 0.5) is 11.5 Å². The number of anilines is 2. The molecule has 2 aromatic carbocycles. The van der Waals surface area contributed by atoms with Gasteiger partial charge in [-0.15, -0.1) is 0 Å². The van der Waals surface area contributed by atoms with E-state index in [1.807, 2.05) is 24.3 Å². The Labute approximate surface area is 168 Å². The van der Waals surface area contributed by atoms with Gasteiger partial charge in [0.05, 0.1) is 0 Å². The summed E-state index contributed by atoms with van der Waals surface area (Å²) >= 11 is 5.89. The molecule has 0 fully saturated rings. The van der Waals surface area contributed by atoms with E-state index in [0.717, 1.165) is 5.56 Å². The van der Waals surface area contributed by atoms with E-state index in [4.69, 9.17) is 11.6 Å². The zero-order valence-electron chi connectivity index (χ0n) is 15.5. The maximum Gasteiger partial charge on any atom is 0.274 e. The SMILES string of the molecule is CC(=O)c1ccc(NC(=O)c2cc(NCc3ccc(Cl)cc3)nc(C)n2)cc1. The minimum Gasteiger partial charge on any atom is -0.366 e. The highest BCUT2D eigenvalue weighted by molar-refractivity contribution is 6.30. The van der Waals surface area contributed by atoms with E-state index in [9.17, 15) is 9.59 Å². The Morgan fingerprint density at radius 3 is 2.32 bits per heavy atom. The Morgan fingerprint density at radius 1 is 1.00 bits per heavy atom. The average molecular weight is 395 g/mol. The number of aryl methyl sites for hydroxylation is 1. The number of benzene rings is 2. The summed E-state index contributed by atoms with van der Waals surface area (Å²) in [6.45, 7) is 3.77. The lowest BCUT2D eigenvalue weighted by atomic mass is 10.1. The summed E-state index contributed by atoms with van der Waals surface area (Å²) in [5.41, 5.74) is 2.46. The first-order valence-corrected chi connectivity index (χ1v) is 9.05. The summed E-state index contributed by atoms with van der Waals surface area (Å²) in [7, 11) is 0. The number of amides is 1. The van der Waals surface area contributed by atoms with Gasteiger partial charge in [-0.05, 0) is 55.8 Å². The molecule has 6 nitrogen and oxygen atoms in total. The lowest BCUT2D eigenvalue weighted by Crippen LogP contribution is -2.16. The monoisotopic (exact) mass is 394 g/mol. The second-order valence-electron chi connectivity index (χ2n) is 6.25. The zero-order valence-corrected chi connectivity index (χ0v) is 16.2. The van der Waals surface area contributed by atoms with Crippen LogP contribution in [0.3, 0.4) is 0 Å². The van der Waals surface area contributed by atoms with Gasteiger partial charge in [0.2, 0.25) is 0 Å². The average Bonchev–Trinajstić information content (AvgIpc) is 2.67. The van der Waals surface area contributed by atoms with Gasteiger partial charge in [-0.2, -0.15) is 0 Å². The van der Waals surface area contributed by atoms with Crippen LogP contribution in [0.2, 0.25) is 5.02 Å². The molecule has 0 bridgehead atoms. The van der Waals surface area contributed by atoms with Crippen molar-refractivity contribution in [2.24, 2.45) is 0 Å². The van der Waals surface area contributed by atoms with Crippen molar-refractivity contribution in [2.75, 3.05) is 10.6 Å². The molecule has 1 aromatic heterocycles. The molecule has 0 unspecified atom stereocenters. The van der Waals surface area contributed by atoms with Crippen LogP contribution in [0.5, 0.6) is 0 Å². The Balaban J connectivity index is 1.70. The van der Waals surface area contributed by atoms with Crippen molar-refractivity contribution in [1.29, 1.82) is 0 Å². The molecule has 0 aliphatic rings. The first kappa shape index (κ1) is 19.5. The van der Waals surface area contributed by atoms with Gasteiger partial charge < -0.3 is 10.6 Å². The number of aromatic nitrogens is 2. The summed E-state index contributed by atoms with van der Waals surface area (Å²) < 4.78 is 0. The van der Waals surface area contributed by atoms with Gasteiger partial charge in [-0.3, -0.25) is 9.59 Å². The molecule has 0 aliphatic heterocycles. The topological polar surface area (TPSA) is 84.0 Å². The van der Waals surface area contributed by atoms with Crippen molar-refractivity contribution in [1.82, 2.24) is 9.97 Å². The van der Waals surface area contributed by atoms with Gasteiger partial charge in [0.1, 0.15) is 17.3 Å². The maximum absolute atomic E-state index is 12.5. The minimum atomic E-state index is -0.351. The molecule has 0 atom stereocenters. The molecule has 0 aliphatic carbocycles. The number of ketones is 1. The predicted octanol–water partition coefficient (Wildman–Crippen LogP) is 4.51. The standard InChI is InChI=1S/C21H19ClN4O2/c1-13(27)16-5-9-18(10-6-16)26-21(28)19-11-20(25-14(2)24-19)23-12-15-3-7-17(22)8-4-15/h3-11H,12H2,1-2H3,(H,26,28)(H,23,24,25). The van der Waals surface area contributed by atoms with Gasteiger partial charge in [0, 0.05) is 28.9 Å². The molecular formula is C21H19ClN4O2. The number of rotatable bonds is 6. The summed E-state index contributed by atoms with van der Waals surface area (Å²) in [6.07, 6.45) is 0. The molecule has 3 rings (SSSR count). The fraction of sp³-hybridized carbons (Fsp3) is 0.143. The van der Waals surface area contributed by atoms with Gasteiger partial charge in [-0.1, -0.05) is 23.7 Å². The third-order valence-electron chi connectivity index (χ3n) is 4.01. The molecule has 0 spiro atoms. The van der Waals surface area contributed by atoms with Crippen LogP contribution in [0.15, 0.2) is 54.6 Å². The number of nitrogens with one attached hydrogen (secondary N) is 2. The van der Waals surface area contributed by atoms with Crippen LogP contribution < -0.4 is 10.6 Å². The van der Waals surface area contributed by atoms with E-state index >= 15 is 0 Å². The van der Waals surface area contributed by atoms with E-state index in [1.54, 1.807) is 37.3 Å². The lowest BCUT2D eigenvalue weighted by molar-refractivity contribution is 0.101. The number of carbonyl (C=O) groups excluding carboxylic acids is 2. The molecule has 142 valence electrons. The molecular weight excluding hydrogens is 376 g/mol. The first-order valence-electron chi connectivity index (χ1n) is 8.67. The Hall–Kier alpha value is -3.25. The first-order chi connectivity index (χ1) is 13.4. The number of nitrogens with zero attached hydrogens (tertiary/aromatic N) is 2. The quantitative estimate of drug-likeness (QED) is 0.601. The Morgan fingerprint density at radius 2 is 1.68 bits per heavy atom. The molecule has 2 N–H and O–H groups in total. The van der Waals surface area contributed by atoms with Gasteiger partial charge >= 0.3 is 0 Å². The number of Topliss-reactive ketones (excluding diaryl/α,β-unsaturated/α-hetero) is 1. The van der Waals surface area contributed by atoms with E-state index in [2.05, 4.69) is 20.6 Å². The third-order valence-corrected chi connectivity index (χ3v) is 4.26. The van der Waals surface area contributed by atoms with Crippen LogP contribution in [-0.4, -0.2) is 21.7 Å². The van der Waals surface area contributed by atoms with E-state index in [-0.39, 0.29) is 17.4 Å². The normalized spacial score (nSPS) is 10.4. The number of hydrogen-bond acceptors (Lipinski definition) is 5. The maximum atomic E-state index is 12.5. The highest BCUT2D eigenvalue weighted by atomic mass is 35.5. The Kier molecular flexibility index (Phi) is 6.01. The van der Waals surface area contributed by atoms with Crippen molar-refractivity contribution >= 4 is 34.8 Å². The number of halogens is 1. The molecule has 7 heteroatoms. The van der Waals surface area contributed by atoms with Crippen molar-refractivity contribution in [2.45, 2.75) is 20.4 Å². The van der Waals surface area contributed by atoms with Crippen molar-refractivity contribution in [3.05, 3.63) is 82.3 Å². The highest BCUT2D eigenvalue weighted by Gasteiger charge is 2.11. The highest BCUT2D eigenvalue weighted by Crippen LogP contribution is 2.15. The molecule has 0 saturated heterocycles. The van der Waals surface area contributed by atoms with E-state index in [1.165, 1.54) is 6.92 Å². The Bertz CT molecular complexity index is 1000. The third kappa shape index (κ3) is 5.14. The van der Waals surface area contributed by atoms with Crippen LogP contribution in [0.1, 0.15) is 39.2 Å². The molecule has 0 saturated carbocycles. The summed E-state index contributed by atoms with van der Waals surface area (Å²) in [5.74, 6) is 0.661. The van der Waals surface area contributed by atoms with Crippen molar-refractivity contribution in [3.8, 4) is 0 Å². The fourth-order valence-electron chi connectivity index (χ4n) is 2.55. The largest absolute Gasteiger partial charge is 0.366 e. The summed E-state index contributed by atoms with van der Waals surface area (Å²) in [5, 5.41) is 6.64. The lowest BCUT2D eigenvalue weighted by Gasteiger charge is -2.10. The second kappa shape index (κ2) is 8.63. The minimum absolute atomic E-state index is 0.0271. The smallest absolute Gasteiger partial charge is 0.274 e. The number of carbonyl (C=O) groups is 2. The van der Waals surface area contributed by atoms with Crippen molar-refractivity contribution in [3.63, 3.8) is 0 Å². The van der Waals surface area contributed by atoms with E-state index in [0.29, 0.717) is 34.5 Å². The molecule has 3 aromatic rings. The van der Waals surface area contributed by atoms with Crippen molar-refractivity contribution < 1.29 is 9.59 Å². The molecule has 0 radical (unpaired) electrons. The van der Waals surface area contributed by atoms with Crippen LogP contribution in [0, 0.1) is 6.92 Å². The summed E-state index contributed by atoms with van der Waals surface area (Å²) in [6, 6.07) is 15.8. The summed E-state index contributed by atoms with van der Waals surface area (Å²) in [4.78, 5) is 32.4. The predicted molar refractivity (Wildman–Crippen MR) is 110 cm³/mol. The molecule has 28 heavy (non-hydrogen) atoms. The van der Waals surface area contributed by atoms with E-state index < -0.39 is 0 Å². The van der Waals surface area contributed by atoms with Gasteiger partial charge in [-0.25, -0.2) is 9.97 Å². The molecule has 1 heterocycles. The van der Waals surface area contributed by atoms with Gasteiger partial charge in [0.25, 0.3) is 5.91 Å². The van der Waals surface area contributed by atoms with Crippen LogP contribution in [0.25, 0.3) is 0 Å². The second-order valence-corrected chi connectivity index (χ2v) is 6.69. The van der Waals surface area contributed by atoms with Crippen LogP contribution in [-0.2, 0) is 6.54 Å². The van der Waals surface area contributed by atoms with Crippen LogP contribution >= 0.6 is 11.6 Å². The number of hydrogen-bond donors (Lipinski definition) is 2.